The Morgan fingerprint density at radius 2 is 1.95 bits per heavy atom. The van der Waals surface area contributed by atoms with Gasteiger partial charge in [0.05, 0.1) is 6.61 Å². The lowest BCUT2D eigenvalue weighted by atomic mass is 10.1. The molecule has 2 heterocycles. The van der Waals surface area contributed by atoms with Gasteiger partial charge in [-0.1, -0.05) is 0 Å². The molecule has 2 rings (SSSR count). The standard InChI is InChI=1S/C12H22N6O/c1-13-10-14-11(17(2)8-9-19)16-12(15-10)18-6-4-3-5-7-18/h19H,3-9H2,1-2H3,(H,13,14,15,16). The Bertz CT molecular complexity index is 407. The number of likely N-dealkylation sites (N-methyl/N-ethyl adjacent to an activating group) is 1. The third-order valence-corrected chi connectivity index (χ3v) is 3.25. The predicted octanol–water partition coefficient (Wildman–Crippen LogP) is 0.332. The van der Waals surface area contributed by atoms with Gasteiger partial charge < -0.3 is 20.2 Å². The third-order valence-electron chi connectivity index (χ3n) is 3.25. The van der Waals surface area contributed by atoms with Crippen LogP contribution in [0, 0.1) is 0 Å². The van der Waals surface area contributed by atoms with Gasteiger partial charge in [0.15, 0.2) is 0 Å². The van der Waals surface area contributed by atoms with Gasteiger partial charge >= 0.3 is 0 Å². The highest BCUT2D eigenvalue weighted by atomic mass is 16.3. The monoisotopic (exact) mass is 266 g/mol. The smallest absolute Gasteiger partial charge is 0.231 e. The summed E-state index contributed by atoms with van der Waals surface area (Å²) in [6, 6.07) is 0. The minimum atomic E-state index is 0.0795. The third kappa shape index (κ3) is 3.44. The molecule has 1 aliphatic heterocycles. The molecule has 1 fully saturated rings. The molecule has 1 saturated heterocycles. The molecule has 0 amide bonds. The molecule has 2 N–H and O–H groups in total. The average Bonchev–Trinajstić information content (AvgIpc) is 2.48. The molecule has 0 unspecified atom stereocenters. The number of rotatable bonds is 5. The van der Waals surface area contributed by atoms with E-state index < -0.39 is 0 Å². The fourth-order valence-corrected chi connectivity index (χ4v) is 2.12. The minimum Gasteiger partial charge on any atom is -0.395 e. The van der Waals surface area contributed by atoms with Gasteiger partial charge in [-0.25, -0.2) is 0 Å². The summed E-state index contributed by atoms with van der Waals surface area (Å²) in [5.74, 6) is 1.88. The first-order valence-electron chi connectivity index (χ1n) is 6.75. The van der Waals surface area contributed by atoms with Crippen molar-refractivity contribution >= 4 is 17.8 Å². The Morgan fingerprint density at radius 1 is 1.21 bits per heavy atom. The summed E-state index contributed by atoms with van der Waals surface area (Å²) in [7, 11) is 3.66. The van der Waals surface area contributed by atoms with Crippen LogP contribution in [0.1, 0.15) is 19.3 Å². The Hall–Kier alpha value is -1.63. The second-order valence-electron chi connectivity index (χ2n) is 4.70. The second-order valence-corrected chi connectivity index (χ2v) is 4.70. The van der Waals surface area contributed by atoms with Gasteiger partial charge in [0.25, 0.3) is 0 Å². The Labute approximate surface area is 113 Å². The summed E-state index contributed by atoms with van der Waals surface area (Å²) in [5.41, 5.74) is 0. The SMILES string of the molecule is CNc1nc(N(C)CCO)nc(N2CCCCC2)n1. The number of piperidine rings is 1. The van der Waals surface area contributed by atoms with Crippen molar-refractivity contribution in [2.45, 2.75) is 19.3 Å². The first-order valence-corrected chi connectivity index (χ1v) is 6.75. The summed E-state index contributed by atoms with van der Waals surface area (Å²) in [4.78, 5) is 17.3. The van der Waals surface area contributed by atoms with Crippen LogP contribution in [0.5, 0.6) is 0 Å². The quantitative estimate of drug-likeness (QED) is 0.795. The number of nitrogens with zero attached hydrogens (tertiary/aromatic N) is 5. The van der Waals surface area contributed by atoms with Gasteiger partial charge in [0.1, 0.15) is 0 Å². The van der Waals surface area contributed by atoms with E-state index in [1.807, 2.05) is 11.9 Å². The first-order chi connectivity index (χ1) is 9.24. The van der Waals surface area contributed by atoms with Crippen molar-refractivity contribution in [3.05, 3.63) is 0 Å². The van der Waals surface area contributed by atoms with Gasteiger partial charge in [0.2, 0.25) is 17.8 Å². The van der Waals surface area contributed by atoms with Crippen LogP contribution >= 0.6 is 0 Å². The Balaban J connectivity index is 2.24. The van der Waals surface area contributed by atoms with E-state index in [0.29, 0.717) is 18.4 Å². The number of aromatic nitrogens is 3. The molecule has 1 aromatic heterocycles. The zero-order valence-corrected chi connectivity index (χ0v) is 11.6. The Kier molecular flexibility index (Phi) is 4.73. The topological polar surface area (TPSA) is 77.4 Å². The molecule has 0 aliphatic carbocycles. The number of hydrogen-bond donors (Lipinski definition) is 2. The van der Waals surface area contributed by atoms with Crippen molar-refractivity contribution in [2.75, 3.05) is 55.5 Å². The second kappa shape index (κ2) is 6.51. The van der Waals surface area contributed by atoms with Crippen molar-refractivity contribution in [2.24, 2.45) is 0 Å². The number of aliphatic hydroxyl groups excluding tert-OH is 1. The molecule has 0 saturated carbocycles. The molecule has 0 atom stereocenters. The fraction of sp³-hybridized carbons (Fsp3) is 0.750. The van der Waals surface area contributed by atoms with Gasteiger partial charge in [-0.3, -0.25) is 0 Å². The maximum Gasteiger partial charge on any atom is 0.231 e. The number of hydrogen-bond acceptors (Lipinski definition) is 7. The number of nitrogens with one attached hydrogen (secondary N) is 1. The average molecular weight is 266 g/mol. The molecule has 7 nitrogen and oxygen atoms in total. The summed E-state index contributed by atoms with van der Waals surface area (Å²) in [6.07, 6.45) is 3.64. The molecule has 19 heavy (non-hydrogen) atoms. The molecule has 0 aromatic carbocycles. The number of aliphatic hydroxyl groups is 1. The van der Waals surface area contributed by atoms with Crippen molar-refractivity contribution in [3.63, 3.8) is 0 Å². The summed E-state index contributed by atoms with van der Waals surface area (Å²) in [5, 5.41) is 12.0. The van der Waals surface area contributed by atoms with Crippen LogP contribution < -0.4 is 15.1 Å². The van der Waals surface area contributed by atoms with E-state index in [2.05, 4.69) is 25.2 Å². The van der Waals surface area contributed by atoms with Gasteiger partial charge in [0, 0.05) is 33.7 Å². The maximum atomic E-state index is 9.00. The van der Waals surface area contributed by atoms with Crippen molar-refractivity contribution in [3.8, 4) is 0 Å². The molecular formula is C12H22N6O. The first kappa shape index (κ1) is 13.8. The number of anilines is 3. The van der Waals surface area contributed by atoms with Crippen LogP contribution in [0.4, 0.5) is 17.8 Å². The van der Waals surface area contributed by atoms with E-state index in [9.17, 15) is 0 Å². The molecule has 0 spiro atoms. The van der Waals surface area contributed by atoms with Crippen molar-refractivity contribution < 1.29 is 5.11 Å². The van der Waals surface area contributed by atoms with E-state index >= 15 is 0 Å². The predicted molar refractivity (Wildman–Crippen MR) is 75.8 cm³/mol. The van der Waals surface area contributed by atoms with Crippen LogP contribution in [0.3, 0.4) is 0 Å². The summed E-state index contributed by atoms with van der Waals surface area (Å²) in [6.45, 7) is 2.58. The highest BCUT2D eigenvalue weighted by Gasteiger charge is 2.17. The normalized spacial score (nSPS) is 15.4. The molecular weight excluding hydrogens is 244 g/mol. The molecule has 1 aromatic rings. The molecule has 1 aliphatic rings. The van der Waals surface area contributed by atoms with E-state index in [1.165, 1.54) is 19.3 Å². The van der Waals surface area contributed by atoms with E-state index in [4.69, 9.17) is 5.11 Å². The van der Waals surface area contributed by atoms with Crippen LogP contribution in [-0.4, -0.2) is 60.4 Å². The molecule has 106 valence electrons. The zero-order chi connectivity index (χ0) is 13.7. The summed E-state index contributed by atoms with van der Waals surface area (Å²) >= 11 is 0. The lowest BCUT2D eigenvalue weighted by molar-refractivity contribution is 0.303. The molecule has 0 bridgehead atoms. The van der Waals surface area contributed by atoms with Crippen molar-refractivity contribution in [1.29, 1.82) is 0 Å². The lowest BCUT2D eigenvalue weighted by Crippen LogP contribution is -2.32. The zero-order valence-electron chi connectivity index (χ0n) is 11.6. The lowest BCUT2D eigenvalue weighted by Gasteiger charge is -2.27. The maximum absolute atomic E-state index is 9.00. The summed E-state index contributed by atoms with van der Waals surface area (Å²) < 4.78 is 0. The highest BCUT2D eigenvalue weighted by Crippen LogP contribution is 2.19. The van der Waals surface area contributed by atoms with Gasteiger partial charge in [-0.05, 0) is 19.3 Å². The highest BCUT2D eigenvalue weighted by molar-refractivity contribution is 5.44. The minimum absolute atomic E-state index is 0.0795. The fourth-order valence-electron chi connectivity index (χ4n) is 2.12. The van der Waals surface area contributed by atoms with Crippen LogP contribution in [0.25, 0.3) is 0 Å². The molecule has 7 heteroatoms. The van der Waals surface area contributed by atoms with Crippen molar-refractivity contribution in [1.82, 2.24) is 15.0 Å². The van der Waals surface area contributed by atoms with Gasteiger partial charge in [-0.15, -0.1) is 0 Å². The van der Waals surface area contributed by atoms with Crippen LogP contribution in [-0.2, 0) is 0 Å². The molecule has 0 radical (unpaired) electrons. The van der Waals surface area contributed by atoms with E-state index in [-0.39, 0.29) is 6.61 Å². The largest absolute Gasteiger partial charge is 0.395 e. The van der Waals surface area contributed by atoms with Crippen LogP contribution in [0.2, 0.25) is 0 Å². The van der Waals surface area contributed by atoms with Crippen LogP contribution in [0.15, 0.2) is 0 Å². The van der Waals surface area contributed by atoms with E-state index in [0.717, 1.165) is 19.0 Å². The van der Waals surface area contributed by atoms with Gasteiger partial charge in [-0.2, -0.15) is 15.0 Å². The Morgan fingerprint density at radius 3 is 2.58 bits per heavy atom. The van der Waals surface area contributed by atoms with E-state index in [1.54, 1.807) is 7.05 Å².